The maximum absolute atomic E-state index is 14.2. The van der Waals surface area contributed by atoms with Crippen LogP contribution in [-0.2, 0) is 26.2 Å². The van der Waals surface area contributed by atoms with E-state index in [2.05, 4.69) is 0 Å². The maximum atomic E-state index is 14.2. The van der Waals surface area contributed by atoms with Gasteiger partial charge in [-0.2, -0.15) is 0 Å². The Hall–Kier alpha value is -4.89. The number of anilines is 1. The van der Waals surface area contributed by atoms with Crippen molar-refractivity contribution in [2.45, 2.75) is 23.5 Å². The molecule has 0 amide bonds. The first kappa shape index (κ1) is 26.3. The molecule has 2 heterocycles. The molecule has 2 atom stereocenters. The average Bonchev–Trinajstić information content (AvgIpc) is 3.60. The summed E-state index contributed by atoms with van der Waals surface area (Å²) in [7, 11) is -3.13. The molecule has 206 valence electrons. The van der Waals surface area contributed by atoms with E-state index in [1.807, 2.05) is 30.3 Å². The third-order valence-electron chi connectivity index (χ3n) is 7.08. The minimum atomic E-state index is -4.34. The van der Waals surface area contributed by atoms with Gasteiger partial charge in [-0.05, 0) is 41.5 Å². The number of methoxy groups -OCH3 is 1. The summed E-state index contributed by atoms with van der Waals surface area (Å²) in [6.45, 7) is 0.243. The van der Waals surface area contributed by atoms with Crippen LogP contribution >= 0.6 is 0 Å². The Morgan fingerprint density at radius 3 is 2.24 bits per heavy atom. The number of rotatable bonds is 8. The summed E-state index contributed by atoms with van der Waals surface area (Å²) in [5, 5.41) is 0.676. The SMILES string of the molecule is COC(=O)C1c2ccc(OCc3ccccc3)cc2N(S(=O)(=O)c2ccccc2)C1C(=O)c1cc2ccccc2o1. The fourth-order valence-corrected chi connectivity index (χ4v) is 6.80. The molecule has 0 bridgehead atoms. The number of hydrogen-bond acceptors (Lipinski definition) is 7. The number of esters is 1. The van der Waals surface area contributed by atoms with Gasteiger partial charge >= 0.3 is 5.97 Å². The largest absolute Gasteiger partial charge is 0.489 e. The highest BCUT2D eigenvalue weighted by molar-refractivity contribution is 7.93. The second kappa shape index (κ2) is 10.6. The summed E-state index contributed by atoms with van der Waals surface area (Å²) in [6.07, 6.45) is 0. The predicted octanol–water partition coefficient (Wildman–Crippen LogP) is 5.73. The molecule has 0 saturated heterocycles. The number of benzene rings is 4. The number of carbonyl (C=O) groups excluding carboxylic acids is 2. The molecule has 0 saturated carbocycles. The fraction of sp³-hybridized carbons (Fsp3) is 0.125. The van der Waals surface area contributed by atoms with Crippen LogP contribution in [0.2, 0.25) is 0 Å². The van der Waals surface area contributed by atoms with Gasteiger partial charge in [0.15, 0.2) is 5.76 Å². The number of ether oxygens (including phenoxy) is 2. The zero-order valence-corrected chi connectivity index (χ0v) is 22.8. The third kappa shape index (κ3) is 4.74. The van der Waals surface area contributed by atoms with Crippen molar-refractivity contribution in [1.29, 1.82) is 0 Å². The van der Waals surface area contributed by atoms with E-state index < -0.39 is 33.7 Å². The first-order valence-corrected chi connectivity index (χ1v) is 14.3. The van der Waals surface area contributed by atoms with E-state index in [4.69, 9.17) is 13.9 Å². The Balaban J connectivity index is 1.50. The van der Waals surface area contributed by atoms with Crippen molar-refractivity contribution >= 4 is 38.4 Å². The van der Waals surface area contributed by atoms with Crippen molar-refractivity contribution < 1.29 is 31.9 Å². The van der Waals surface area contributed by atoms with E-state index in [0.717, 1.165) is 9.87 Å². The summed E-state index contributed by atoms with van der Waals surface area (Å²) in [6, 6.07) is 29.2. The molecule has 1 aliphatic heterocycles. The molecule has 2 unspecified atom stereocenters. The van der Waals surface area contributed by atoms with Gasteiger partial charge in [-0.3, -0.25) is 13.9 Å². The average molecular weight is 568 g/mol. The van der Waals surface area contributed by atoms with E-state index in [-0.39, 0.29) is 22.9 Å². The first-order valence-electron chi connectivity index (χ1n) is 12.9. The number of sulfonamides is 1. The summed E-state index contributed by atoms with van der Waals surface area (Å²) < 4.78 is 46.3. The Kier molecular flexibility index (Phi) is 6.80. The minimum absolute atomic E-state index is 0.0329. The van der Waals surface area contributed by atoms with Gasteiger partial charge < -0.3 is 13.9 Å². The van der Waals surface area contributed by atoms with Crippen molar-refractivity contribution in [3.8, 4) is 5.75 Å². The molecule has 0 N–H and O–H groups in total. The number of ketones is 1. The fourth-order valence-electron chi connectivity index (χ4n) is 5.14. The van der Waals surface area contributed by atoms with E-state index in [1.165, 1.54) is 19.2 Å². The molecule has 8 nitrogen and oxygen atoms in total. The Morgan fingerprint density at radius 1 is 0.854 bits per heavy atom. The number of furan rings is 1. The maximum Gasteiger partial charge on any atom is 0.315 e. The number of para-hydroxylation sites is 1. The highest BCUT2D eigenvalue weighted by atomic mass is 32.2. The van der Waals surface area contributed by atoms with Gasteiger partial charge in [-0.25, -0.2) is 8.42 Å². The summed E-state index contributed by atoms with van der Waals surface area (Å²) in [5.74, 6) is -2.34. The van der Waals surface area contributed by atoms with E-state index >= 15 is 0 Å². The molecule has 6 rings (SSSR count). The molecule has 4 aromatic carbocycles. The monoisotopic (exact) mass is 567 g/mol. The lowest BCUT2D eigenvalue weighted by Crippen LogP contribution is -2.46. The molecule has 5 aromatic rings. The van der Waals surface area contributed by atoms with Gasteiger partial charge in [-0.1, -0.05) is 72.8 Å². The molecule has 0 radical (unpaired) electrons. The van der Waals surface area contributed by atoms with Crippen LogP contribution in [0.1, 0.15) is 27.6 Å². The molecule has 1 aliphatic rings. The third-order valence-corrected chi connectivity index (χ3v) is 8.89. The van der Waals surface area contributed by atoms with Gasteiger partial charge in [0.2, 0.25) is 5.78 Å². The lowest BCUT2D eigenvalue weighted by Gasteiger charge is -2.27. The first-order chi connectivity index (χ1) is 19.9. The second-order valence-electron chi connectivity index (χ2n) is 9.57. The van der Waals surface area contributed by atoms with Gasteiger partial charge in [0.05, 0.1) is 17.7 Å². The summed E-state index contributed by atoms with van der Waals surface area (Å²) in [5.41, 5.74) is 1.88. The smallest absolute Gasteiger partial charge is 0.315 e. The van der Waals surface area contributed by atoms with Crippen molar-refractivity contribution in [1.82, 2.24) is 0 Å². The molecule has 9 heteroatoms. The van der Waals surface area contributed by atoms with Crippen molar-refractivity contribution in [2.75, 3.05) is 11.4 Å². The molecule has 0 aliphatic carbocycles. The van der Waals surface area contributed by atoms with Crippen LogP contribution in [0.25, 0.3) is 11.0 Å². The number of carbonyl (C=O) groups is 2. The van der Waals surface area contributed by atoms with Gasteiger partial charge in [0.25, 0.3) is 10.0 Å². The number of hydrogen-bond donors (Lipinski definition) is 0. The van der Waals surface area contributed by atoms with Crippen LogP contribution in [0.3, 0.4) is 0 Å². The Bertz CT molecular complexity index is 1820. The van der Waals surface area contributed by atoms with E-state index in [0.29, 0.717) is 22.3 Å². The molecular weight excluding hydrogens is 542 g/mol. The molecule has 0 fully saturated rings. The Morgan fingerprint density at radius 2 is 1.54 bits per heavy atom. The van der Waals surface area contributed by atoms with Crippen LogP contribution in [0.4, 0.5) is 5.69 Å². The molecule has 0 spiro atoms. The summed E-state index contributed by atoms with van der Waals surface area (Å²) in [4.78, 5) is 27.4. The van der Waals surface area contributed by atoms with Crippen LogP contribution < -0.4 is 9.04 Å². The number of Topliss-reactive ketones (excluding diaryl/α,β-unsaturated/α-hetero) is 1. The minimum Gasteiger partial charge on any atom is -0.489 e. The predicted molar refractivity (Wildman–Crippen MR) is 152 cm³/mol. The standard InChI is InChI=1S/C32H25NO7S/c1-38-32(35)29-25-17-16-23(39-20-21-10-4-2-5-11-21)19-26(25)33(41(36,37)24-13-6-3-7-14-24)30(29)31(34)28-18-22-12-8-9-15-27(22)40-28/h2-19,29-30H,20H2,1H3. The van der Waals surface area contributed by atoms with Crippen LogP contribution in [0.5, 0.6) is 5.75 Å². The zero-order valence-electron chi connectivity index (χ0n) is 22.0. The quantitative estimate of drug-likeness (QED) is 0.174. The number of nitrogens with zero attached hydrogens (tertiary/aromatic N) is 1. The van der Waals surface area contributed by atoms with Crippen LogP contribution in [0.15, 0.2) is 119 Å². The highest BCUT2D eigenvalue weighted by Crippen LogP contribution is 2.47. The zero-order chi connectivity index (χ0) is 28.6. The second-order valence-corrected chi connectivity index (χ2v) is 11.4. The van der Waals surface area contributed by atoms with Crippen LogP contribution in [-0.4, -0.2) is 33.3 Å². The normalized spacial score (nSPS) is 16.4. The lowest BCUT2D eigenvalue weighted by atomic mass is 9.91. The highest BCUT2D eigenvalue weighted by Gasteiger charge is 2.53. The van der Waals surface area contributed by atoms with E-state index in [9.17, 15) is 18.0 Å². The van der Waals surface area contributed by atoms with Gasteiger partial charge in [0.1, 0.15) is 29.9 Å². The van der Waals surface area contributed by atoms with Gasteiger partial charge in [-0.15, -0.1) is 0 Å². The van der Waals surface area contributed by atoms with Crippen molar-refractivity contribution in [3.63, 3.8) is 0 Å². The number of fused-ring (bicyclic) bond motifs is 2. The topological polar surface area (TPSA) is 103 Å². The Labute approximate surface area is 236 Å². The van der Waals surface area contributed by atoms with E-state index in [1.54, 1.807) is 66.7 Å². The van der Waals surface area contributed by atoms with Crippen molar-refractivity contribution in [2.24, 2.45) is 0 Å². The molecular formula is C32H25NO7S. The van der Waals surface area contributed by atoms with Crippen LogP contribution in [0, 0.1) is 0 Å². The molecule has 1 aromatic heterocycles. The van der Waals surface area contributed by atoms with Crippen molar-refractivity contribution in [3.05, 3.63) is 126 Å². The molecule has 41 heavy (non-hydrogen) atoms. The summed E-state index contributed by atoms with van der Waals surface area (Å²) >= 11 is 0. The lowest BCUT2D eigenvalue weighted by molar-refractivity contribution is -0.142. The van der Waals surface area contributed by atoms with Gasteiger partial charge in [0, 0.05) is 11.5 Å².